The largest absolute Gasteiger partial charge is 0.462 e. The first kappa shape index (κ1) is 28.2. The summed E-state index contributed by atoms with van der Waals surface area (Å²) in [4.78, 5) is 38.3. The molecule has 1 amide bonds. The van der Waals surface area contributed by atoms with Gasteiger partial charge in [0.1, 0.15) is 18.2 Å². The van der Waals surface area contributed by atoms with Gasteiger partial charge < -0.3 is 29.2 Å². The number of ether oxygens (including phenoxy) is 1. The number of nitrogens with zero attached hydrogens (tertiary/aromatic N) is 9. The van der Waals surface area contributed by atoms with Crippen molar-refractivity contribution in [2.75, 3.05) is 74.7 Å². The number of nitriles is 1. The zero-order valence-corrected chi connectivity index (χ0v) is 24.8. The Kier molecular flexibility index (Phi) is 8.16. The third kappa shape index (κ3) is 5.48. The van der Waals surface area contributed by atoms with E-state index in [1.165, 1.54) is 23.7 Å². The highest BCUT2D eigenvalue weighted by Crippen LogP contribution is 2.36. The minimum atomic E-state index is -0.228. The normalized spacial score (nSPS) is 22.4. The molecule has 6 rings (SSSR count). The second-order valence-electron chi connectivity index (χ2n) is 11.9. The highest BCUT2D eigenvalue weighted by atomic mass is 16.5. The van der Waals surface area contributed by atoms with E-state index in [1.54, 1.807) is 4.90 Å². The molecule has 0 radical (unpaired) electrons. The summed E-state index contributed by atoms with van der Waals surface area (Å²) < 4.78 is 6.29. The van der Waals surface area contributed by atoms with E-state index in [0.717, 1.165) is 68.2 Å². The van der Waals surface area contributed by atoms with E-state index in [9.17, 15) is 10.1 Å². The van der Waals surface area contributed by atoms with E-state index in [2.05, 4.69) is 52.4 Å². The Morgan fingerprint density at radius 1 is 1.07 bits per heavy atom. The fourth-order valence-electron chi connectivity index (χ4n) is 6.95. The Morgan fingerprint density at radius 2 is 1.95 bits per heavy atom. The van der Waals surface area contributed by atoms with E-state index < -0.39 is 0 Å². The fourth-order valence-corrected chi connectivity index (χ4v) is 6.95. The molecule has 42 heavy (non-hydrogen) atoms. The lowest BCUT2D eigenvalue weighted by molar-refractivity contribution is -0.128. The maximum atomic E-state index is 12.5. The molecule has 222 valence electrons. The molecule has 2 aromatic heterocycles. The highest BCUT2D eigenvalue weighted by Gasteiger charge is 2.34. The number of pyridine rings is 1. The summed E-state index contributed by atoms with van der Waals surface area (Å²) in [6.45, 7) is 9.47. The summed E-state index contributed by atoms with van der Waals surface area (Å²) in [6.07, 6.45) is 8.73. The van der Waals surface area contributed by atoms with Crippen molar-refractivity contribution < 1.29 is 9.53 Å². The molecule has 11 heteroatoms. The van der Waals surface area contributed by atoms with Crippen LogP contribution in [0.5, 0.6) is 6.01 Å². The molecule has 2 aromatic rings. The third-order valence-electron chi connectivity index (χ3n) is 9.31. The van der Waals surface area contributed by atoms with Gasteiger partial charge >= 0.3 is 6.01 Å². The smallest absolute Gasteiger partial charge is 0.318 e. The van der Waals surface area contributed by atoms with Crippen molar-refractivity contribution in [1.82, 2.24) is 24.8 Å². The van der Waals surface area contributed by atoms with Gasteiger partial charge in [-0.1, -0.05) is 6.58 Å². The fraction of sp³-hybridized carbons (Fsp3) is 0.581. The van der Waals surface area contributed by atoms with E-state index in [1.807, 2.05) is 6.20 Å². The molecule has 0 N–H and O–H groups in total. The van der Waals surface area contributed by atoms with Crippen LogP contribution in [0.2, 0.25) is 0 Å². The standard InChI is InChI=1S/C31H41N9O2/c1-4-28(41)40-18-17-39(19-22(40)9-12-32)30-24-11-16-38(29-25-8-6-15-37(3)27(25)10-13-33-29)20-26(24)34-31(35-30)42-21-23-7-5-14-36(23)2/h4,10,13,22-23H,1,5-9,11,14-21H2,2-3H3/t22-,23-/m0/s1. The van der Waals surface area contributed by atoms with Gasteiger partial charge in [0.05, 0.1) is 30.8 Å². The molecule has 2 fully saturated rings. The lowest BCUT2D eigenvalue weighted by atomic mass is 10.00. The number of carbonyl (C=O) groups is 1. The minimum absolute atomic E-state index is 0.135. The second-order valence-corrected chi connectivity index (χ2v) is 11.9. The monoisotopic (exact) mass is 571 g/mol. The molecule has 2 atom stereocenters. The van der Waals surface area contributed by atoms with Crippen molar-refractivity contribution in [3.05, 3.63) is 41.7 Å². The van der Waals surface area contributed by atoms with Crippen LogP contribution in [0.4, 0.5) is 17.3 Å². The third-order valence-corrected chi connectivity index (χ3v) is 9.31. The van der Waals surface area contributed by atoms with Gasteiger partial charge in [-0.25, -0.2) is 4.98 Å². The Morgan fingerprint density at radius 3 is 2.74 bits per heavy atom. The van der Waals surface area contributed by atoms with Gasteiger partial charge in [0.25, 0.3) is 0 Å². The van der Waals surface area contributed by atoms with Gasteiger partial charge in [-0.05, 0) is 57.8 Å². The molecule has 2 saturated heterocycles. The van der Waals surface area contributed by atoms with Crippen LogP contribution in [0.15, 0.2) is 24.9 Å². The number of likely N-dealkylation sites (N-methyl/N-ethyl adjacent to an activating group) is 1. The zero-order valence-electron chi connectivity index (χ0n) is 24.8. The average molecular weight is 572 g/mol. The second kappa shape index (κ2) is 12.1. The van der Waals surface area contributed by atoms with Crippen molar-refractivity contribution in [2.24, 2.45) is 0 Å². The molecule has 6 heterocycles. The van der Waals surface area contributed by atoms with Gasteiger partial charge in [-0.15, -0.1) is 0 Å². The van der Waals surface area contributed by atoms with Gasteiger partial charge in [0, 0.05) is 68.8 Å². The number of piperazine rings is 1. The molecule has 4 aliphatic rings. The molecule has 0 aliphatic carbocycles. The maximum Gasteiger partial charge on any atom is 0.318 e. The van der Waals surface area contributed by atoms with Gasteiger partial charge in [-0.3, -0.25) is 4.79 Å². The van der Waals surface area contributed by atoms with Crippen LogP contribution in [0.3, 0.4) is 0 Å². The van der Waals surface area contributed by atoms with E-state index in [0.29, 0.717) is 44.8 Å². The van der Waals surface area contributed by atoms with E-state index in [-0.39, 0.29) is 18.4 Å². The molecule has 0 spiro atoms. The number of aromatic nitrogens is 3. The van der Waals surface area contributed by atoms with Crippen molar-refractivity contribution in [2.45, 2.75) is 57.2 Å². The lowest BCUT2D eigenvalue weighted by Gasteiger charge is -2.42. The molecular formula is C31H41N9O2. The summed E-state index contributed by atoms with van der Waals surface area (Å²) in [6, 6.07) is 4.91. The first-order chi connectivity index (χ1) is 20.5. The summed E-state index contributed by atoms with van der Waals surface area (Å²) >= 11 is 0. The van der Waals surface area contributed by atoms with Crippen LogP contribution < -0.4 is 19.4 Å². The summed E-state index contributed by atoms with van der Waals surface area (Å²) in [5, 5.41) is 9.52. The van der Waals surface area contributed by atoms with Gasteiger partial charge in [-0.2, -0.15) is 15.2 Å². The zero-order chi connectivity index (χ0) is 29.2. The van der Waals surface area contributed by atoms with Crippen molar-refractivity contribution in [3.63, 3.8) is 0 Å². The molecule has 0 unspecified atom stereocenters. The predicted molar refractivity (Wildman–Crippen MR) is 162 cm³/mol. The minimum Gasteiger partial charge on any atom is -0.462 e. The number of hydrogen-bond donors (Lipinski definition) is 0. The number of hydrogen-bond acceptors (Lipinski definition) is 10. The Balaban J connectivity index is 1.31. The number of amides is 1. The first-order valence-corrected chi connectivity index (χ1v) is 15.2. The molecule has 11 nitrogen and oxygen atoms in total. The summed E-state index contributed by atoms with van der Waals surface area (Å²) in [5.74, 6) is 1.78. The van der Waals surface area contributed by atoms with Crippen LogP contribution in [0, 0.1) is 11.3 Å². The summed E-state index contributed by atoms with van der Waals surface area (Å²) in [5.41, 5.74) is 4.66. The van der Waals surface area contributed by atoms with E-state index in [4.69, 9.17) is 19.7 Å². The van der Waals surface area contributed by atoms with Gasteiger partial charge in [0.15, 0.2) is 0 Å². The average Bonchev–Trinajstić information content (AvgIpc) is 3.43. The molecule has 4 aliphatic heterocycles. The van der Waals surface area contributed by atoms with Crippen molar-refractivity contribution in [3.8, 4) is 12.1 Å². The number of carbonyl (C=O) groups excluding carboxylic acids is 1. The van der Waals surface area contributed by atoms with Crippen LogP contribution in [-0.2, 0) is 24.2 Å². The maximum absolute atomic E-state index is 12.5. The number of rotatable bonds is 7. The summed E-state index contributed by atoms with van der Waals surface area (Å²) in [7, 11) is 4.29. The first-order valence-electron chi connectivity index (χ1n) is 15.2. The molecule has 0 aromatic carbocycles. The van der Waals surface area contributed by atoms with E-state index >= 15 is 0 Å². The number of anilines is 3. The van der Waals surface area contributed by atoms with Crippen LogP contribution >= 0.6 is 0 Å². The molecule has 0 bridgehead atoms. The molecular weight excluding hydrogens is 530 g/mol. The molecule has 0 saturated carbocycles. The number of fused-ring (bicyclic) bond motifs is 2. The quantitative estimate of drug-likeness (QED) is 0.460. The Hall–Kier alpha value is -3.91. The van der Waals surface area contributed by atoms with Gasteiger partial charge in [0.2, 0.25) is 5.91 Å². The number of likely N-dealkylation sites (tertiary alicyclic amines) is 1. The van der Waals surface area contributed by atoms with Crippen LogP contribution in [0.25, 0.3) is 0 Å². The predicted octanol–water partition coefficient (Wildman–Crippen LogP) is 2.41. The SMILES string of the molecule is C=CC(=O)N1CCN(c2nc(OC[C@@H]3CCCN3C)nc3c2CCN(c2nccc4c2CCCN4C)C3)C[C@@H]1CC#N. The Labute approximate surface area is 248 Å². The lowest BCUT2D eigenvalue weighted by Crippen LogP contribution is -2.55. The highest BCUT2D eigenvalue weighted by molar-refractivity contribution is 5.87. The van der Waals surface area contributed by atoms with Crippen molar-refractivity contribution in [1.29, 1.82) is 5.26 Å². The Bertz CT molecular complexity index is 1370. The van der Waals surface area contributed by atoms with Crippen molar-refractivity contribution >= 4 is 23.2 Å². The van der Waals surface area contributed by atoms with Crippen LogP contribution in [0.1, 0.15) is 42.5 Å². The van der Waals surface area contributed by atoms with Crippen LogP contribution in [-0.4, -0.2) is 103 Å². The topological polar surface area (TPSA) is 105 Å².